The number of nitrogens with zero attached hydrogens (tertiary/aromatic N) is 3. The minimum atomic E-state index is -0.822. The van der Waals surface area contributed by atoms with Crippen molar-refractivity contribution in [1.29, 1.82) is 5.26 Å². The van der Waals surface area contributed by atoms with E-state index in [9.17, 15) is 14.9 Å². The number of halogens is 1. The molecule has 0 amide bonds. The van der Waals surface area contributed by atoms with Crippen molar-refractivity contribution in [3.05, 3.63) is 55.8 Å². The predicted molar refractivity (Wildman–Crippen MR) is 108 cm³/mol. The van der Waals surface area contributed by atoms with Gasteiger partial charge < -0.3 is 11.5 Å². The second-order valence-electron chi connectivity index (χ2n) is 6.11. The number of carbonyl (C=O) groups excluding carboxylic acids is 1. The zero-order valence-electron chi connectivity index (χ0n) is 14.8. The maximum atomic E-state index is 13.0. The van der Waals surface area contributed by atoms with E-state index in [1.807, 2.05) is 0 Å². The number of carbonyl (C=O) groups is 1. The molecule has 9 nitrogen and oxygen atoms in total. The lowest BCUT2D eigenvalue weighted by molar-refractivity contribution is -0.741. The first-order valence-electron chi connectivity index (χ1n) is 8.13. The monoisotopic (exact) mass is 427 g/mol. The summed E-state index contributed by atoms with van der Waals surface area (Å²) in [5, 5.41) is 12.9. The van der Waals surface area contributed by atoms with Crippen LogP contribution in [0.15, 0.2) is 33.6 Å². The van der Waals surface area contributed by atoms with Crippen molar-refractivity contribution in [3.8, 4) is 17.2 Å². The van der Waals surface area contributed by atoms with E-state index < -0.39 is 11.4 Å². The molecule has 5 N–H and O–H groups in total. The Bertz CT molecular complexity index is 1390. The van der Waals surface area contributed by atoms with Gasteiger partial charge in [-0.3, -0.25) is 9.32 Å². The number of fused-ring (bicyclic) bond motifs is 1. The van der Waals surface area contributed by atoms with Crippen molar-refractivity contribution in [2.75, 3.05) is 11.5 Å². The zero-order chi connectivity index (χ0) is 20.9. The number of nitrogens with one attached hydrogen (secondary N) is 1. The Morgan fingerprint density at radius 3 is 2.62 bits per heavy atom. The number of rotatable bonds is 3. The average molecular weight is 428 g/mol. The number of ketones is 1. The van der Waals surface area contributed by atoms with Gasteiger partial charge in [0.25, 0.3) is 5.78 Å². The van der Waals surface area contributed by atoms with Crippen LogP contribution in [-0.4, -0.2) is 16.0 Å². The van der Waals surface area contributed by atoms with Crippen LogP contribution in [0.4, 0.5) is 11.5 Å². The highest BCUT2D eigenvalue weighted by atomic mass is 35.5. The van der Waals surface area contributed by atoms with Gasteiger partial charge in [-0.1, -0.05) is 28.4 Å². The SMILES string of the molecule is C[n+]1[nH]oc(=O)c1C(=O)c1sc2nc(N)c(C#N)c(-c3ccc(Cl)cc3)c2c1N. The Labute approximate surface area is 171 Å². The van der Waals surface area contributed by atoms with E-state index in [-0.39, 0.29) is 27.6 Å². The topological polar surface area (TPSA) is 156 Å². The van der Waals surface area contributed by atoms with E-state index >= 15 is 0 Å². The van der Waals surface area contributed by atoms with Crippen LogP contribution in [0.1, 0.15) is 20.9 Å². The summed E-state index contributed by atoms with van der Waals surface area (Å²) in [7, 11) is 1.46. The Balaban J connectivity index is 2.06. The standard InChI is InChI=1S/C18H11ClN6O3S/c1-25-13(18(27)28-24-25)14(26)15-12(21)11-10(7-2-4-8(19)5-3-7)9(6-20)16(22)23-17(11)29-15/h2-5H,1H3,(H4-,21,22,23,24,26,27)/p+1. The van der Waals surface area contributed by atoms with Gasteiger partial charge in [-0.2, -0.15) is 5.26 Å². The molecule has 11 heteroatoms. The molecule has 0 bridgehead atoms. The molecule has 3 aromatic heterocycles. The first-order valence-corrected chi connectivity index (χ1v) is 9.32. The number of nitrogen functional groups attached to an aromatic ring is 2. The van der Waals surface area contributed by atoms with E-state index in [0.29, 0.717) is 26.4 Å². The lowest BCUT2D eigenvalue weighted by Crippen LogP contribution is -2.39. The van der Waals surface area contributed by atoms with Crippen LogP contribution < -0.4 is 21.8 Å². The minimum Gasteiger partial charge on any atom is -0.397 e. The van der Waals surface area contributed by atoms with Gasteiger partial charge in [0, 0.05) is 16.0 Å². The lowest BCUT2D eigenvalue weighted by Gasteiger charge is -2.09. The maximum Gasteiger partial charge on any atom is 0.438 e. The van der Waals surface area contributed by atoms with Crippen molar-refractivity contribution >= 4 is 50.4 Å². The number of benzene rings is 1. The third-order valence-corrected chi connectivity index (χ3v) is 5.72. The number of aryl methyl sites for hydroxylation is 1. The number of aromatic amines is 1. The van der Waals surface area contributed by atoms with Crippen LogP contribution in [0.3, 0.4) is 0 Å². The van der Waals surface area contributed by atoms with Crippen molar-refractivity contribution in [3.63, 3.8) is 0 Å². The summed E-state index contributed by atoms with van der Waals surface area (Å²) >= 11 is 6.96. The lowest BCUT2D eigenvalue weighted by atomic mass is 9.97. The first kappa shape index (κ1) is 18.7. The highest BCUT2D eigenvalue weighted by Crippen LogP contribution is 2.43. The van der Waals surface area contributed by atoms with E-state index in [1.54, 1.807) is 24.3 Å². The number of nitrogens with two attached hydrogens (primary N) is 2. The van der Waals surface area contributed by atoms with Gasteiger partial charge in [0.2, 0.25) is 0 Å². The largest absolute Gasteiger partial charge is 0.438 e. The maximum absolute atomic E-state index is 13.0. The predicted octanol–water partition coefficient (Wildman–Crippen LogP) is 1.99. The van der Waals surface area contributed by atoms with Crippen molar-refractivity contribution in [2.45, 2.75) is 0 Å². The normalized spacial score (nSPS) is 10.9. The summed E-state index contributed by atoms with van der Waals surface area (Å²) in [6, 6.07) is 8.82. The number of pyridine rings is 1. The van der Waals surface area contributed by atoms with E-state index in [2.05, 4.69) is 20.8 Å². The van der Waals surface area contributed by atoms with Crippen LogP contribution in [0.25, 0.3) is 21.3 Å². The summed E-state index contributed by atoms with van der Waals surface area (Å²) in [5.41, 5.74) is 12.6. The van der Waals surface area contributed by atoms with Gasteiger partial charge in [-0.15, -0.1) is 11.3 Å². The third-order valence-electron chi connectivity index (χ3n) is 4.37. The molecule has 0 atom stereocenters. The van der Waals surface area contributed by atoms with Crippen LogP contribution in [0.5, 0.6) is 0 Å². The Hall–Kier alpha value is -3.68. The van der Waals surface area contributed by atoms with Gasteiger partial charge in [0.15, 0.2) is 7.05 Å². The van der Waals surface area contributed by atoms with Crippen LogP contribution in [-0.2, 0) is 7.05 Å². The minimum absolute atomic E-state index is 0.0110. The van der Waals surface area contributed by atoms with Gasteiger partial charge in [-0.25, -0.2) is 9.78 Å². The molecule has 0 fully saturated rings. The number of aromatic nitrogens is 3. The molecule has 0 saturated heterocycles. The molecule has 144 valence electrons. The molecule has 4 aromatic rings. The second kappa shape index (κ2) is 6.73. The number of hydrogen-bond donors (Lipinski definition) is 3. The molecule has 0 spiro atoms. The molecule has 0 unspecified atom stereocenters. The Morgan fingerprint density at radius 1 is 1.34 bits per heavy atom. The van der Waals surface area contributed by atoms with Gasteiger partial charge in [0.05, 0.1) is 5.69 Å². The Morgan fingerprint density at radius 2 is 2.03 bits per heavy atom. The molecular formula is C18H12ClN6O3S+. The third kappa shape index (κ3) is 2.84. The molecular weight excluding hydrogens is 416 g/mol. The summed E-state index contributed by atoms with van der Waals surface area (Å²) in [5.74, 6) is -0.612. The molecule has 0 saturated carbocycles. The smallest absolute Gasteiger partial charge is 0.397 e. The number of anilines is 2. The van der Waals surface area contributed by atoms with Crippen LogP contribution in [0.2, 0.25) is 5.02 Å². The molecule has 3 heterocycles. The highest BCUT2D eigenvalue weighted by Gasteiger charge is 2.33. The molecule has 29 heavy (non-hydrogen) atoms. The van der Waals surface area contributed by atoms with Crippen molar-refractivity contribution in [1.82, 2.24) is 10.3 Å². The molecule has 4 rings (SSSR count). The molecule has 0 aliphatic heterocycles. The fourth-order valence-electron chi connectivity index (χ4n) is 3.05. The fourth-order valence-corrected chi connectivity index (χ4v) is 4.23. The van der Waals surface area contributed by atoms with Crippen LogP contribution >= 0.6 is 22.9 Å². The highest BCUT2D eigenvalue weighted by molar-refractivity contribution is 7.21. The number of H-pyrrole nitrogens is 1. The fraction of sp³-hybridized carbons (Fsp3) is 0.0556. The summed E-state index contributed by atoms with van der Waals surface area (Å²) < 4.78 is 5.81. The molecule has 0 aliphatic carbocycles. The first-order chi connectivity index (χ1) is 13.8. The molecule has 0 radical (unpaired) electrons. The molecule has 1 aromatic carbocycles. The van der Waals surface area contributed by atoms with Gasteiger partial charge in [-0.05, 0) is 23.0 Å². The van der Waals surface area contributed by atoms with Gasteiger partial charge >= 0.3 is 11.3 Å². The number of hydrogen-bond acceptors (Lipinski definition) is 8. The average Bonchev–Trinajstić information content (AvgIpc) is 3.20. The second-order valence-corrected chi connectivity index (χ2v) is 7.54. The summed E-state index contributed by atoms with van der Waals surface area (Å²) in [4.78, 5) is 29.6. The van der Waals surface area contributed by atoms with E-state index in [4.69, 9.17) is 23.1 Å². The van der Waals surface area contributed by atoms with Gasteiger partial charge in [0.1, 0.15) is 27.2 Å². The van der Waals surface area contributed by atoms with E-state index in [0.717, 1.165) is 16.0 Å². The van der Waals surface area contributed by atoms with Crippen molar-refractivity contribution < 1.29 is 14.0 Å². The summed E-state index contributed by atoms with van der Waals surface area (Å²) in [6.45, 7) is 0. The van der Waals surface area contributed by atoms with E-state index in [1.165, 1.54) is 7.05 Å². The Kier molecular flexibility index (Phi) is 4.34. The number of nitriles is 1. The number of thiophene rings is 1. The zero-order valence-corrected chi connectivity index (χ0v) is 16.4. The van der Waals surface area contributed by atoms with Crippen LogP contribution in [0, 0.1) is 11.3 Å². The summed E-state index contributed by atoms with van der Waals surface area (Å²) in [6.07, 6.45) is 0. The van der Waals surface area contributed by atoms with Crippen molar-refractivity contribution in [2.24, 2.45) is 7.05 Å². The molecule has 0 aliphatic rings. The quantitative estimate of drug-likeness (QED) is 0.333.